The molecule has 158 valence electrons. The number of amides is 1. The molecule has 2 aromatic heterocycles. The van der Waals surface area contributed by atoms with Crippen molar-refractivity contribution in [3.05, 3.63) is 101 Å². The third kappa shape index (κ3) is 3.81. The molecule has 0 bridgehead atoms. The van der Waals surface area contributed by atoms with Gasteiger partial charge in [-0.3, -0.25) is 9.78 Å². The Morgan fingerprint density at radius 3 is 2.81 bits per heavy atom. The van der Waals surface area contributed by atoms with Gasteiger partial charge in [-0.15, -0.1) is 0 Å². The van der Waals surface area contributed by atoms with Crippen molar-refractivity contribution in [1.29, 1.82) is 0 Å². The van der Waals surface area contributed by atoms with Crippen molar-refractivity contribution in [2.45, 2.75) is 20.4 Å². The number of rotatable bonds is 5. The number of carbonyl (C=O) groups excluding carboxylic acids is 1. The number of nitrogens with zero attached hydrogens (tertiary/aromatic N) is 1. The van der Waals surface area contributed by atoms with Gasteiger partial charge in [-0.05, 0) is 78.9 Å². The molecule has 2 heterocycles. The quantitative estimate of drug-likeness (QED) is 0.363. The fourth-order valence-electron chi connectivity index (χ4n) is 3.90. The summed E-state index contributed by atoms with van der Waals surface area (Å²) in [6, 6.07) is 21.6. The van der Waals surface area contributed by atoms with E-state index in [-0.39, 0.29) is 5.91 Å². The predicted molar refractivity (Wildman–Crippen MR) is 127 cm³/mol. The van der Waals surface area contributed by atoms with Gasteiger partial charge in [0.25, 0.3) is 5.91 Å². The molecular weight excluding hydrogens is 398 g/mol. The van der Waals surface area contributed by atoms with Gasteiger partial charge in [-0.2, -0.15) is 0 Å². The van der Waals surface area contributed by atoms with Crippen LogP contribution in [-0.4, -0.2) is 15.9 Å². The molecule has 5 nitrogen and oxygen atoms in total. The van der Waals surface area contributed by atoms with Gasteiger partial charge in [0.1, 0.15) is 11.5 Å². The molecule has 0 atom stereocenters. The first-order chi connectivity index (χ1) is 15.6. The average Bonchev–Trinajstić information content (AvgIpc) is 3.27. The van der Waals surface area contributed by atoms with E-state index in [4.69, 9.17) is 4.74 Å². The maximum Gasteiger partial charge on any atom is 0.251 e. The lowest BCUT2D eigenvalue weighted by Crippen LogP contribution is -2.23. The Hall–Kier alpha value is -4.12. The monoisotopic (exact) mass is 421 g/mol. The molecule has 1 amide bonds. The zero-order valence-electron chi connectivity index (χ0n) is 18.0. The Morgan fingerprint density at radius 1 is 1.00 bits per heavy atom. The largest absolute Gasteiger partial charge is 0.456 e. The number of carbonyl (C=O) groups is 1. The molecule has 0 aliphatic carbocycles. The molecule has 3 aromatic carbocycles. The van der Waals surface area contributed by atoms with Crippen LogP contribution in [0.4, 0.5) is 0 Å². The summed E-state index contributed by atoms with van der Waals surface area (Å²) in [5.74, 6) is 1.24. The van der Waals surface area contributed by atoms with Crippen LogP contribution in [0.3, 0.4) is 0 Å². The van der Waals surface area contributed by atoms with Crippen molar-refractivity contribution < 1.29 is 9.53 Å². The first kappa shape index (κ1) is 19.8. The van der Waals surface area contributed by atoms with Crippen LogP contribution in [0.2, 0.25) is 0 Å². The Morgan fingerprint density at radius 2 is 1.91 bits per heavy atom. The molecule has 0 aliphatic heterocycles. The fraction of sp³-hybridized carbons (Fsp3) is 0.111. The summed E-state index contributed by atoms with van der Waals surface area (Å²) in [6.07, 6.45) is 3.65. The highest BCUT2D eigenvalue weighted by Gasteiger charge is 2.14. The number of H-pyrrole nitrogens is 1. The number of hydrogen-bond donors (Lipinski definition) is 2. The van der Waals surface area contributed by atoms with Crippen molar-refractivity contribution in [1.82, 2.24) is 15.3 Å². The molecule has 5 heteroatoms. The van der Waals surface area contributed by atoms with Crippen LogP contribution in [0, 0.1) is 13.8 Å². The van der Waals surface area contributed by atoms with Crippen molar-refractivity contribution in [2.75, 3.05) is 0 Å². The van der Waals surface area contributed by atoms with Crippen LogP contribution in [0.5, 0.6) is 11.5 Å². The van der Waals surface area contributed by atoms with E-state index in [9.17, 15) is 4.79 Å². The first-order valence-electron chi connectivity index (χ1n) is 10.6. The van der Waals surface area contributed by atoms with Crippen LogP contribution in [0.15, 0.2) is 79.1 Å². The molecule has 0 saturated carbocycles. The van der Waals surface area contributed by atoms with Crippen molar-refractivity contribution in [3.63, 3.8) is 0 Å². The fourth-order valence-corrected chi connectivity index (χ4v) is 3.90. The molecule has 2 N–H and O–H groups in total. The highest BCUT2D eigenvalue weighted by molar-refractivity contribution is 5.96. The SMILES string of the molecule is Cc1ccc2c(Oc3cccc(C(=O)NCc4ccc5[nH]ccc5c4)c3C)ccnc2c1. The molecule has 0 saturated heterocycles. The van der Waals surface area contributed by atoms with Crippen molar-refractivity contribution in [2.24, 2.45) is 0 Å². The third-order valence-electron chi connectivity index (χ3n) is 5.68. The van der Waals surface area contributed by atoms with Crippen LogP contribution < -0.4 is 10.1 Å². The second-order valence-electron chi connectivity index (χ2n) is 7.94. The summed E-state index contributed by atoms with van der Waals surface area (Å²) in [5, 5.41) is 5.09. The topological polar surface area (TPSA) is 67.0 Å². The number of aryl methyl sites for hydroxylation is 1. The number of pyridine rings is 1. The van der Waals surface area contributed by atoms with Gasteiger partial charge in [0.15, 0.2) is 0 Å². The van der Waals surface area contributed by atoms with Crippen LogP contribution in [0.1, 0.15) is 27.0 Å². The van der Waals surface area contributed by atoms with Gasteiger partial charge in [0.2, 0.25) is 0 Å². The summed E-state index contributed by atoms with van der Waals surface area (Å²) in [6.45, 7) is 4.40. The average molecular weight is 422 g/mol. The molecular formula is C27H23N3O2. The van der Waals surface area contributed by atoms with Gasteiger partial charge in [0, 0.05) is 41.0 Å². The highest BCUT2D eigenvalue weighted by atomic mass is 16.5. The third-order valence-corrected chi connectivity index (χ3v) is 5.68. The molecule has 0 unspecified atom stereocenters. The minimum Gasteiger partial charge on any atom is -0.456 e. The van der Waals surface area contributed by atoms with Crippen LogP contribution >= 0.6 is 0 Å². The van der Waals surface area contributed by atoms with E-state index in [1.165, 1.54) is 0 Å². The maximum atomic E-state index is 12.9. The molecule has 5 rings (SSSR count). The highest BCUT2D eigenvalue weighted by Crippen LogP contribution is 2.32. The van der Waals surface area contributed by atoms with Gasteiger partial charge < -0.3 is 15.0 Å². The molecule has 0 fully saturated rings. The van der Waals surface area contributed by atoms with Crippen LogP contribution in [0.25, 0.3) is 21.8 Å². The van der Waals surface area contributed by atoms with E-state index in [0.29, 0.717) is 17.9 Å². The van der Waals surface area contributed by atoms with Gasteiger partial charge in [-0.1, -0.05) is 18.2 Å². The summed E-state index contributed by atoms with van der Waals surface area (Å²) in [5.41, 5.74) is 5.55. The molecule has 0 spiro atoms. The number of nitrogens with one attached hydrogen (secondary N) is 2. The van der Waals surface area contributed by atoms with E-state index < -0.39 is 0 Å². The van der Waals surface area contributed by atoms with Crippen molar-refractivity contribution >= 4 is 27.7 Å². The Balaban J connectivity index is 1.36. The predicted octanol–water partition coefficient (Wildman–Crippen LogP) is 6.06. The summed E-state index contributed by atoms with van der Waals surface area (Å²) < 4.78 is 6.23. The first-order valence-corrected chi connectivity index (χ1v) is 10.6. The molecule has 5 aromatic rings. The zero-order chi connectivity index (χ0) is 22.1. The number of ether oxygens (including phenoxy) is 1. The summed E-state index contributed by atoms with van der Waals surface area (Å²) in [4.78, 5) is 20.5. The Bertz CT molecular complexity index is 1450. The van der Waals surface area contributed by atoms with E-state index in [1.807, 2.05) is 80.7 Å². The van der Waals surface area contributed by atoms with E-state index in [1.54, 1.807) is 6.20 Å². The number of fused-ring (bicyclic) bond motifs is 2. The van der Waals surface area contributed by atoms with E-state index >= 15 is 0 Å². The second-order valence-corrected chi connectivity index (χ2v) is 7.94. The number of aromatic amines is 1. The van der Waals surface area contributed by atoms with E-state index in [0.717, 1.165) is 44.2 Å². The Labute approximate surface area is 186 Å². The normalized spacial score (nSPS) is 11.1. The lowest BCUT2D eigenvalue weighted by molar-refractivity contribution is 0.0950. The molecule has 32 heavy (non-hydrogen) atoms. The number of benzene rings is 3. The minimum atomic E-state index is -0.127. The Kier molecular flexibility index (Phi) is 5.07. The standard InChI is InChI=1S/C27H23N3O2/c1-17-6-8-22-24(14-17)29-13-11-26(22)32-25-5-3-4-21(18(25)2)27(31)30-16-19-7-9-23-20(15-19)10-12-28-23/h3-15,28H,16H2,1-2H3,(H,30,31). The van der Waals surface area contributed by atoms with Gasteiger partial charge in [-0.25, -0.2) is 0 Å². The molecule has 0 aliphatic rings. The summed E-state index contributed by atoms with van der Waals surface area (Å²) >= 11 is 0. The van der Waals surface area contributed by atoms with E-state index in [2.05, 4.69) is 21.4 Å². The second kappa shape index (κ2) is 8.19. The maximum absolute atomic E-state index is 12.9. The lowest BCUT2D eigenvalue weighted by atomic mass is 10.1. The van der Waals surface area contributed by atoms with Gasteiger partial charge >= 0.3 is 0 Å². The number of aromatic nitrogens is 2. The molecule has 0 radical (unpaired) electrons. The number of hydrogen-bond acceptors (Lipinski definition) is 3. The van der Waals surface area contributed by atoms with Gasteiger partial charge in [0.05, 0.1) is 5.52 Å². The summed E-state index contributed by atoms with van der Waals surface area (Å²) in [7, 11) is 0. The van der Waals surface area contributed by atoms with Crippen LogP contribution in [-0.2, 0) is 6.54 Å². The smallest absolute Gasteiger partial charge is 0.251 e. The lowest BCUT2D eigenvalue weighted by Gasteiger charge is -2.14. The van der Waals surface area contributed by atoms with Crippen molar-refractivity contribution in [3.8, 4) is 11.5 Å². The zero-order valence-corrected chi connectivity index (χ0v) is 18.0. The minimum absolute atomic E-state index is 0.127.